The number of halogens is 3. The number of nitrogens with one attached hydrogen (secondary N) is 1. The molecule has 1 aromatic carbocycles. The van der Waals surface area contributed by atoms with E-state index >= 15 is 0 Å². The minimum atomic E-state index is -4.40. The summed E-state index contributed by atoms with van der Waals surface area (Å²) < 4.78 is 40.5. The van der Waals surface area contributed by atoms with Gasteiger partial charge in [-0.05, 0) is 30.2 Å². The lowest BCUT2D eigenvalue weighted by atomic mass is 10.1. The molecule has 0 aliphatic rings. The second kappa shape index (κ2) is 8.26. The van der Waals surface area contributed by atoms with Crippen molar-refractivity contribution in [2.24, 2.45) is 0 Å². The third-order valence-corrected chi connectivity index (χ3v) is 4.89. The third kappa shape index (κ3) is 4.09. The van der Waals surface area contributed by atoms with E-state index in [-0.39, 0.29) is 23.4 Å². The van der Waals surface area contributed by atoms with Gasteiger partial charge < -0.3 is 4.57 Å². The Hall–Kier alpha value is -4.00. The molecule has 7 nitrogen and oxygen atoms in total. The van der Waals surface area contributed by atoms with Crippen LogP contribution in [0.4, 0.5) is 13.2 Å². The third-order valence-electron chi connectivity index (χ3n) is 4.89. The molecule has 4 aromatic rings. The molecule has 0 saturated carbocycles. The number of alkyl halides is 3. The highest BCUT2D eigenvalue weighted by Gasteiger charge is 2.30. The van der Waals surface area contributed by atoms with Gasteiger partial charge >= 0.3 is 6.18 Å². The van der Waals surface area contributed by atoms with Crippen molar-refractivity contribution in [3.8, 4) is 17.5 Å². The lowest BCUT2D eigenvalue weighted by Gasteiger charge is -2.09. The summed E-state index contributed by atoms with van der Waals surface area (Å²) in [5.74, 6) is 0.359. The van der Waals surface area contributed by atoms with Crippen LogP contribution in [0, 0.1) is 11.3 Å². The highest BCUT2D eigenvalue weighted by molar-refractivity contribution is 5.76. The fraction of sp³-hybridized carbons (Fsp3) is 0.227. The van der Waals surface area contributed by atoms with Crippen LogP contribution in [0.3, 0.4) is 0 Å². The van der Waals surface area contributed by atoms with Crippen LogP contribution in [0.1, 0.15) is 36.0 Å². The SMILES string of the molecule is CCCn1c(-c2ccc(Cc3cccc(C(F)(F)F)c3)nc2)nc2nc(C#N)[nH]c(=O)c21. The largest absolute Gasteiger partial charge is 0.416 e. The van der Waals surface area contributed by atoms with E-state index in [4.69, 9.17) is 5.26 Å². The van der Waals surface area contributed by atoms with E-state index in [0.29, 0.717) is 29.2 Å². The van der Waals surface area contributed by atoms with E-state index in [2.05, 4.69) is 19.9 Å². The van der Waals surface area contributed by atoms with Gasteiger partial charge in [0.15, 0.2) is 11.2 Å². The molecule has 0 bridgehead atoms. The lowest BCUT2D eigenvalue weighted by molar-refractivity contribution is -0.137. The van der Waals surface area contributed by atoms with Crippen molar-refractivity contribution in [2.45, 2.75) is 32.5 Å². The van der Waals surface area contributed by atoms with Crippen molar-refractivity contribution >= 4 is 11.2 Å². The topological polar surface area (TPSA) is 100 Å². The normalized spacial score (nSPS) is 11.6. The number of hydrogen-bond donors (Lipinski definition) is 1. The Kier molecular flexibility index (Phi) is 5.48. The first-order valence-corrected chi connectivity index (χ1v) is 9.82. The maximum atomic E-state index is 12.9. The molecule has 0 unspecified atom stereocenters. The minimum Gasteiger partial charge on any atom is -0.318 e. The maximum Gasteiger partial charge on any atom is 0.416 e. The number of nitrogens with zero attached hydrogens (tertiary/aromatic N) is 5. The number of H-pyrrole nitrogens is 1. The van der Waals surface area contributed by atoms with Gasteiger partial charge in [0.25, 0.3) is 5.56 Å². The summed E-state index contributed by atoms with van der Waals surface area (Å²) >= 11 is 0. The van der Waals surface area contributed by atoms with Gasteiger partial charge in [0.2, 0.25) is 5.82 Å². The van der Waals surface area contributed by atoms with E-state index in [0.717, 1.165) is 18.6 Å². The number of aromatic amines is 1. The Bertz CT molecular complexity index is 1380. The Balaban J connectivity index is 1.69. The van der Waals surface area contributed by atoms with Crippen LogP contribution in [-0.2, 0) is 19.1 Å². The van der Waals surface area contributed by atoms with Crippen LogP contribution >= 0.6 is 0 Å². The number of imidazole rings is 1. The van der Waals surface area contributed by atoms with Crippen LogP contribution in [0.5, 0.6) is 0 Å². The van der Waals surface area contributed by atoms with Crippen LogP contribution in [-0.4, -0.2) is 24.5 Å². The molecule has 3 heterocycles. The monoisotopic (exact) mass is 438 g/mol. The fourth-order valence-corrected chi connectivity index (χ4v) is 3.49. The predicted molar refractivity (Wildman–Crippen MR) is 111 cm³/mol. The second-order valence-corrected chi connectivity index (χ2v) is 7.20. The zero-order chi connectivity index (χ0) is 22.9. The predicted octanol–water partition coefficient (Wildman–Crippen LogP) is 4.07. The molecule has 3 aromatic heterocycles. The van der Waals surface area contributed by atoms with Crippen LogP contribution in [0.2, 0.25) is 0 Å². The van der Waals surface area contributed by atoms with Crippen LogP contribution in [0.15, 0.2) is 47.4 Å². The highest BCUT2D eigenvalue weighted by atomic mass is 19.4. The molecule has 32 heavy (non-hydrogen) atoms. The van der Waals surface area contributed by atoms with Gasteiger partial charge in [-0.15, -0.1) is 0 Å². The number of pyridine rings is 1. The summed E-state index contributed by atoms with van der Waals surface area (Å²) in [7, 11) is 0. The van der Waals surface area contributed by atoms with E-state index in [1.165, 1.54) is 6.07 Å². The standard InChI is InChI=1S/C22H17F3N6O/c1-2-8-31-18-19(28-17(11-26)29-21(18)32)30-20(31)14-6-7-16(27-12-14)10-13-4-3-5-15(9-13)22(23,24)25/h3-7,9,12H,2,8,10H2,1H3,(H,28,29,32). The van der Waals surface area contributed by atoms with Crippen molar-refractivity contribution in [3.05, 3.63) is 75.6 Å². The molecule has 0 fully saturated rings. The Morgan fingerprint density at radius 3 is 2.66 bits per heavy atom. The molecule has 10 heteroatoms. The van der Waals surface area contributed by atoms with E-state index in [1.54, 1.807) is 35.0 Å². The molecule has 0 spiro atoms. The molecule has 0 radical (unpaired) electrons. The van der Waals surface area contributed by atoms with Gasteiger partial charge in [0.05, 0.1) is 5.56 Å². The summed E-state index contributed by atoms with van der Waals surface area (Å²) in [6.45, 7) is 2.46. The summed E-state index contributed by atoms with van der Waals surface area (Å²) in [5.41, 5.74) is 1.01. The number of fused-ring (bicyclic) bond motifs is 1. The molecule has 162 valence electrons. The number of benzene rings is 1. The molecule has 0 atom stereocenters. The molecule has 1 N–H and O–H groups in total. The van der Waals surface area contributed by atoms with Crippen molar-refractivity contribution in [1.29, 1.82) is 5.26 Å². The molecular weight excluding hydrogens is 421 g/mol. The number of nitriles is 1. The smallest absolute Gasteiger partial charge is 0.318 e. The molecule has 0 amide bonds. The fourth-order valence-electron chi connectivity index (χ4n) is 3.49. The van der Waals surface area contributed by atoms with Gasteiger partial charge in [-0.25, -0.2) is 4.98 Å². The van der Waals surface area contributed by atoms with Crippen LogP contribution < -0.4 is 5.56 Å². The van der Waals surface area contributed by atoms with Crippen molar-refractivity contribution in [3.63, 3.8) is 0 Å². The summed E-state index contributed by atoms with van der Waals surface area (Å²) in [5, 5.41) is 9.04. The van der Waals surface area contributed by atoms with Gasteiger partial charge in [-0.3, -0.25) is 14.8 Å². The molecular formula is C22H17F3N6O. The van der Waals surface area contributed by atoms with Gasteiger partial charge in [-0.2, -0.15) is 23.4 Å². The van der Waals surface area contributed by atoms with Crippen molar-refractivity contribution in [2.75, 3.05) is 0 Å². The first kappa shape index (κ1) is 21.2. The first-order chi connectivity index (χ1) is 15.3. The molecule has 4 rings (SSSR count). The number of aromatic nitrogens is 5. The van der Waals surface area contributed by atoms with Gasteiger partial charge in [-0.1, -0.05) is 25.1 Å². The van der Waals surface area contributed by atoms with E-state index in [1.807, 2.05) is 6.92 Å². The highest BCUT2D eigenvalue weighted by Crippen LogP contribution is 2.30. The average Bonchev–Trinajstić information content (AvgIpc) is 3.13. The molecule has 0 aliphatic carbocycles. The van der Waals surface area contributed by atoms with Gasteiger partial charge in [0, 0.05) is 30.4 Å². The van der Waals surface area contributed by atoms with E-state index in [9.17, 15) is 18.0 Å². The van der Waals surface area contributed by atoms with Crippen molar-refractivity contribution in [1.82, 2.24) is 24.5 Å². The van der Waals surface area contributed by atoms with Crippen molar-refractivity contribution < 1.29 is 13.2 Å². The molecule has 0 saturated heterocycles. The second-order valence-electron chi connectivity index (χ2n) is 7.20. The number of aryl methyl sites for hydroxylation is 1. The average molecular weight is 438 g/mol. The molecule has 0 aliphatic heterocycles. The minimum absolute atomic E-state index is 0.121. The zero-order valence-corrected chi connectivity index (χ0v) is 16.9. The van der Waals surface area contributed by atoms with Crippen LogP contribution in [0.25, 0.3) is 22.6 Å². The Morgan fingerprint density at radius 1 is 1.19 bits per heavy atom. The van der Waals surface area contributed by atoms with Gasteiger partial charge in [0.1, 0.15) is 11.9 Å². The lowest BCUT2D eigenvalue weighted by Crippen LogP contribution is -2.14. The Labute approximate surface area is 180 Å². The quantitative estimate of drug-likeness (QED) is 0.506. The maximum absolute atomic E-state index is 12.9. The zero-order valence-electron chi connectivity index (χ0n) is 16.9. The number of hydrogen-bond acceptors (Lipinski definition) is 5. The first-order valence-electron chi connectivity index (χ1n) is 9.82. The summed E-state index contributed by atoms with van der Waals surface area (Å²) in [6, 6.07) is 10.4. The summed E-state index contributed by atoms with van der Waals surface area (Å²) in [6.07, 6.45) is -1.86. The Morgan fingerprint density at radius 2 is 2.00 bits per heavy atom. The van der Waals surface area contributed by atoms with E-state index < -0.39 is 17.3 Å². The summed E-state index contributed by atoms with van der Waals surface area (Å²) in [4.78, 5) is 27.8. The number of rotatable bonds is 5.